The lowest BCUT2D eigenvalue weighted by atomic mass is 9.89. The maximum absolute atomic E-state index is 13.2. The first-order valence-electron chi connectivity index (χ1n) is 15.6. The molecular formula is C34H41N7O4S. The Morgan fingerprint density at radius 2 is 2.02 bits per heavy atom. The van der Waals surface area contributed by atoms with Crippen molar-refractivity contribution in [2.45, 2.75) is 53.1 Å². The van der Waals surface area contributed by atoms with Gasteiger partial charge in [-0.05, 0) is 60.4 Å². The van der Waals surface area contributed by atoms with Crippen LogP contribution in [0.15, 0.2) is 35.4 Å². The summed E-state index contributed by atoms with van der Waals surface area (Å²) in [6.07, 6.45) is 7.57. The monoisotopic (exact) mass is 643 g/mol. The second-order valence-electron chi connectivity index (χ2n) is 13.0. The molecule has 46 heavy (non-hydrogen) atoms. The van der Waals surface area contributed by atoms with Crippen molar-refractivity contribution < 1.29 is 14.3 Å². The van der Waals surface area contributed by atoms with Gasteiger partial charge in [-0.2, -0.15) is 5.10 Å². The third-order valence-corrected chi connectivity index (χ3v) is 10.2. The van der Waals surface area contributed by atoms with E-state index in [1.54, 1.807) is 38.7 Å². The first-order valence-corrected chi connectivity index (χ1v) is 16.4. The molecule has 1 N–H and O–H groups in total. The Kier molecular flexibility index (Phi) is 8.95. The number of hydrogen-bond donors (Lipinski definition) is 1. The van der Waals surface area contributed by atoms with Gasteiger partial charge in [-0.1, -0.05) is 13.8 Å². The fraction of sp³-hybridized carbons (Fsp3) is 0.441. The number of fused-ring (bicyclic) bond motifs is 2. The predicted octanol–water partition coefficient (Wildman–Crippen LogP) is 4.36. The number of anilines is 3. The van der Waals surface area contributed by atoms with Crippen LogP contribution < -0.4 is 15.8 Å². The van der Waals surface area contributed by atoms with E-state index < -0.39 is 0 Å². The maximum atomic E-state index is 13.2. The number of nitrogens with one attached hydrogen (secondary N) is 1. The fourth-order valence-electron chi connectivity index (χ4n) is 6.72. The summed E-state index contributed by atoms with van der Waals surface area (Å²) in [6.45, 7) is 11.0. The minimum Gasteiger partial charge on any atom is -0.383 e. The fourth-order valence-corrected chi connectivity index (χ4v) is 8.22. The highest BCUT2D eigenvalue weighted by atomic mass is 32.1. The normalized spacial score (nSPS) is 15.4. The molecule has 5 heterocycles. The van der Waals surface area contributed by atoms with E-state index >= 15 is 0 Å². The molecule has 0 spiro atoms. The minimum absolute atomic E-state index is 0.227. The first kappa shape index (κ1) is 31.8. The summed E-state index contributed by atoms with van der Waals surface area (Å²) < 4.78 is 8.66. The van der Waals surface area contributed by atoms with Crippen molar-refractivity contribution in [3.8, 4) is 11.1 Å². The van der Waals surface area contributed by atoms with Gasteiger partial charge in [-0.25, -0.2) is 4.98 Å². The van der Waals surface area contributed by atoms with Crippen molar-refractivity contribution in [3.05, 3.63) is 73.1 Å². The summed E-state index contributed by atoms with van der Waals surface area (Å²) in [4.78, 5) is 49.2. The number of aldehydes is 1. The van der Waals surface area contributed by atoms with E-state index in [2.05, 4.69) is 41.1 Å². The lowest BCUT2D eigenvalue weighted by Crippen LogP contribution is -2.35. The average molecular weight is 644 g/mol. The molecule has 1 amide bonds. The number of pyridine rings is 2. The topological polar surface area (TPSA) is 115 Å². The number of aryl methyl sites for hydroxylation is 2. The van der Waals surface area contributed by atoms with Crippen molar-refractivity contribution in [1.82, 2.24) is 24.2 Å². The summed E-state index contributed by atoms with van der Waals surface area (Å²) in [5.41, 5.74) is 5.65. The Hall–Kier alpha value is -4.13. The molecule has 6 rings (SSSR count). The molecule has 1 aliphatic heterocycles. The van der Waals surface area contributed by atoms with Gasteiger partial charge in [0.2, 0.25) is 6.41 Å². The van der Waals surface area contributed by atoms with Gasteiger partial charge in [-0.15, -0.1) is 11.3 Å². The third-order valence-electron chi connectivity index (χ3n) is 9.03. The summed E-state index contributed by atoms with van der Waals surface area (Å²) in [7, 11) is 3.37. The molecule has 4 aromatic heterocycles. The summed E-state index contributed by atoms with van der Waals surface area (Å²) in [5, 5.41) is 7.90. The zero-order chi connectivity index (χ0) is 32.6. The van der Waals surface area contributed by atoms with Crippen molar-refractivity contribution in [3.63, 3.8) is 0 Å². The van der Waals surface area contributed by atoms with E-state index in [0.29, 0.717) is 53.6 Å². The average Bonchev–Trinajstić information content (AvgIpc) is 3.66. The molecular weight excluding hydrogens is 602 g/mol. The molecule has 0 fully saturated rings. The second kappa shape index (κ2) is 12.9. The molecule has 0 aromatic carbocycles. The zero-order valence-electron chi connectivity index (χ0n) is 27.1. The van der Waals surface area contributed by atoms with Crippen molar-refractivity contribution in [2.75, 3.05) is 43.6 Å². The Morgan fingerprint density at radius 3 is 2.78 bits per heavy atom. The van der Waals surface area contributed by atoms with Crippen LogP contribution in [0.1, 0.15) is 50.8 Å². The van der Waals surface area contributed by atoms with E-state index in [4.69, 9.17) is 4.74 Å². The van der Waals surface area contributed by atoms with Crippen LogP contribution in [-0.4, -0.2) is 70.3 Å². The van der Waals surface area contributed by atoms with Gasteiger partial charge >= 0.3 is 0 Å². The van der Waals surface area contributed by atoms with Crippen LogP contribution in [0.2, 0.25) is 0 Å². The summed E-state index contributed by atoms with van der Waals surface area (Å²) >= 11 is 1.86. The van der Waals surface area contributed by atoms with Crippen LogP contribution >= 0.6 is 11.3 Å². The van der Waals surface area contributed by atoms with E-state index in [-0.39, 0.29) is 11.0 Å². The van der Waals surface area contributed by atoms with Gasteiger partial charge < -0.3 is 14.6 Å². The van der Waals surface area contributed by atoms with Gasteiger partial charge in [0.15, 0.2) is 12.1 Å². The Balaban J connectivity index is 1.26. The van der Waals surface area contributed by atoms with E-state index in [9.17, 15) is 14.4 Å². The summed E-state index contributed by atoms with van der Waals surface area (Å²) in [5.74, 6) is 0.880. The standard InChI is InChI=1S/C34H41N7O4S/c1-22-25(27-16-34(2,3)17-30(27)46-22)7-9-40(21-43)32-28(20-42)26(6-8-35-32)23-14-29(33(44)38(4)18-23)36-31-15-24-19-39(12-13-45-5)10-11-41(24)37-31/h6,8,14-15,18,20-21H,7,9-13,16-17,19H2,1-5H3,(H,36,37). The minimum atomic E-state index is -0.227. The lowest BCUT2D eigenvalue weighted by molar-refractivity contribution is -0.107. The van der Waals surface area contributed by atoms with Crippen molar-refractivity contribution in [2.24, 2.45) is 12.5 Å². The second-order valence-corrected chi connectivity index (χ2v) is 14.3. The highest BCUT2D eigenvalue weighted by Crippen LogP contribution is 2.43. The molecule has 1 aliphatic carbocycles. The van der Waals surface area contributed by atoms with Gasteiger partial charge in [0.25, 0.3) is 5.56 Å². The van der Waals surface area contributed by atoms with Crippen LogP contribution in [0.5, 0.6) is 0 Å². The molecule has 242 valence electrons. The number of ether oxygens (including phenoxy) is 1. The molecule has 0 saturated carbocycles. The van der Waals surface area contributed by atoms with Gasteiger partial charge in [-0.3, -0.25) is 28.9 Å². The van der Waals surface area contributed by atoms with Crippen LogP contribution in [-0.2, 0) is 48.9 Å². The lowest BCUT2D eigenvalue weighted by Gasteiger charge is -2.26. The van der Waals surface area contributed by atoms with Crippen LogP contribution in [0, 0.1) is 12.3 Å². The molecule has 0 bridgehead atoms. The molecule has 2 aliphatic rings. The number of hydrogen-bond acceptors (Lipinski definition) is 9. The maximum Gasteiger partial charge on any atom is 0.274 e. The molecule has 11 nitrogen and oxygen atoms in total. The Morgan fingerprint density at radius 1 is 1.20 bits per heavy atom. The molecule has 0 saturated heterocycles. The van der Waals surface area contributed by atoms with Crippen LogP contribution in [0.3, 0.4) is 0 Å². The number of amides is 1. The van der Waals surface area contributed by atoms with Gasteiger partial charge in [0.1, 0.15) is 11.5 Å². The summed E-state index contributed by atoms with van der Waals surface area (Å²) in [6, 6.07) is 5.42. The molecule has 4 aromatic rings. The predicted molar refractivity (Wildman–Crippen MR) is 180 cm³/mol. The first-order chi connectivity index (χ1) is 22.1. The quantitative estimate of drug-likeness (QED) is 0.227. The SMILES string of the molecule is COCCN1CCn2nc(Nc3cc(-c4ccnc(N(C=O)CCc5c(C)sc6c5CC(C)(C)C6)c4C=O)cn(C)c3=O)cc2C1. The molecule has 0 atom stereocenters. The smallest absolute Gasteiger partial charge is 0.274 e. The number of aromatic nitrogens is 4. The van der Waals surface area contributed by atoms with Gasteiger partial charge in [0.05, 0.1) is 24.4 Å². The van der Waals surface area contributed by atoms with Crippen LogP contribution in [0.25, 0.3) is 11.1 Å². The number of rotatable bonds is 12. The van der Waals surface area contributed by atoms with E-state index in [1.807, 2.05) is 22.1 Å². The Bertz CT molecular complexity index is 1840. The molecule has 12 heteroatoms. The van der Waals surface area contributed by atoms with Gasteiger partial charge in [0, 0.05) is 74.1 Å². The highest BCUT2D eigenvalue weighted by molar-refractivity contribution is 7.12. The highest BCUT2D eigenvalue weighted by Gasteiger charge is 2.33. The number of carbonyl (C=O) groups is 2. The number of methoxy groups -OCH3 is 1. The third kappa shape index (κ3) is 6.29. The molecule has 0 radical (unpaired) electrons. The van der Waals surface area contributed by atoms with Crippen molar-refractivity contribution in [1.29, 1.82) is 0 Å². The Labute approximate surface area is 272 Å². The largest absolute Gasteiger partial charge is 0.383 e. The van der Waals surface area contributed by atoms with Crippen LogP contribution in [0.4, 0.5) is 17.3 Å². The number of nitrogens with zero attached hydrogens (tertiary/aromatic N) is 6. The molecule has 0 unspecified atom stereocenters. The van der Waals surface area contributed by atoms with Crippen molar-refractivity contribution >= 4 is 41.4 Å². The van der Waals surface area contributed by atoms with E-state index in [0.717, 1.165) is 57.4 Å². The zero-order valence-corrected chi connectivity index (χ0v) is 27.9. The van der Waals surface area contributed by atoms with E-state index in [1.165, 1.54) is 30.3 Å². The number of carbonyl (C=O) groups excluding carboxylic acids is 2. The number of thiophene rings is 1.